The molecule has 0 unspecified atom stereocenters. The van der Waals surface area contributed by atoms with Crippen LogP contribution in [0.1, 0.15) is 12.8 Å². The molecule has 2 aliphatic heterocycles. The molecule has 3 rings (SSSR count). The number of carbonyl (C=O) groups excluding carboxylic acids is 1. The van der Waals surface area contributed by atoms with Crippen LogP contribution in [0.5, 0.6) is 11.5 Å². The molecule has 1 amide bonds. The second-order valence-electron chi connectivity index (χ2n) is 5.43. The Morgan fingerprint density at radius 1 is 1.19 bits per heavy atom. The van der Waals surface area contributed by atoms with Crippen LogP contribution in [0.15, 0.2) is 30.4 Å². The topological polar surface area (TPSA) is 50.8 Å². The van der Waals surface area contributed by atoms with Crippen LogP contribution in [0.4, 0.5) is 5.69 Å². The van der Waals surface area contributed by atoms with E-state index in [1.807, 2.05) is 18.2 Å². The summed E-state index contributed by atoms with van der Waals surface area (Å²) in [4.78, 5) is 14.2. The molecule has 0 spiro atoms. The Morgan fingerprint density at radius 2 is 1.90 bits per heavy atom. The Hall–Kier alpha value is -2.01. The second-order valence-corrected chi connectivity index (χ2v) is 5.43. The molecular weight excluding hydrogens is 268 g/mol. The van der Waals surface area contributed by atoms with Crippen molar-refractivity contribution in [3.63, 3.8) is 0 Å². The Balaban J connectivity index is 1.56. The molecule has 1 aromatic rings. The van der Waals surface area contributed by atoms with Gasteiger partial charge < -0.3 is 14.8 Å². The first kappa shape index (κ1) is 13.9. The third kappa shape index (κ3) is 3.55. The van der Waals surface area contributed by atoms with E-state index in [0.29, 0.717) is 25.5 Å². The third-order valence-corrected chi connectivity index (χ3v) is 3.76. The largest absolute Gasteiger partial charge is 0.486 e. The predicted molar refractivity (Wildman–Crippen MR) is 80.9 cm³/mol. The summed E-state index contributed by atoms with van der Waals surface area (Å²) in [6, 6.07) is 5.48. The number of nitrogens with zero attached hydrogens (tertiary/aromatic N) is 1. The highest BCUT2D eigenvalue weighted by atomic mass is 16.6. The number of nitrogens with one attached hydrogen (secondary N) is 1. The van der Waals surface area contributed by atoms with E-state index in [9.17, 15) is 4.79 Å². The van der Waals surface area contributed by atoms with E-state index < -0.39 is 0 Å². The van der Waals surface area contributed by atoms with Gasteiger partial charge in [-0.1, -0.05) is 12.2 Å². The molecule has 0 aromatic heterocycles. The zero-order chi connectivity index (χ0) is 14.7. The first-order valence-electron chi connectivity index (χ1n) is 7.29. The molecule has 2 heterocycles. The Morgan fingerprint density at radius 3 is 2.67 bits per heavy atom. The fourth-order valence-electron chi connectivity index (χ4n) is 2.55. The summed E-state index contributed by atoms with van der Waals surface area (Å²) in [6.07, 6.45) is 1.97. The first-order valence-corrected chi connectivity index (χ1v) is 7.29. The molecule has 5 nitrogen and oxygen atoms in total. The van der Waals surface area contributed by atoms with Crippen LogP contribution in [0.3, 0.4) is 0 Å². The molecule has 21 heavy (non-hydrogen) atoms. The molecular formula is C16H20N2O3. The van der Waals surface area contributed by atoms with Crippen molar-refractivity contribution in [2.45, 2.75) is 12.8 Å². The zero-order valence-corrected chi connectivity index (χ0v) is 12.1. The molecule has 112 valence electrons. The maximum Gasteiger partial charge on any atom is 0.238 e. The standard InChI is InChI=1S/C16H20N2O3/c1-12-4-6-18(7-5-12)11-16(19)17-13-2-3-14-15(10-13)21-9-8-20-14/h2-3,10H,1,4-9,11H2,(H,17,19). The highest BCUT2D eigenvalue weighted by molar-refractivity contribution is 5.92. The van der Waals surface area contributed by atoms with Crippen molar-refractivity contribution < 1.29 is 14.3 Å². The predicted octanol–water partition coefficient (Wildman–Crippen LogP) is 2.05. The summed E-state index contributed by atoms with van der Waals surface area (Å²) in [6.45, 7) is 7.33. The summed E-state index contributed by atoms with van der Waals surface area (Å²) >= 11 is 0. The second kappa shape index (κ2) is 6.18. The fraction of sp³-hybridized carbons (Fsp3) is 0.438. The number of anilines is 1. The van der Waals surface area contributed by atoms with Crippen molar-refractivity contribution >= 4 is 11.6 Å². The molecule has 1 N–H and O–H groups in total. The van der Waals surface area contributed by atoms with E-state index in [0.717, 1.165) is 37.4 Å². The van der Waals surface area contributed by atoms with Crippen molar-refractivity contribution in [3.05, 3.63) is 30.4 Å². The van der Waals surface area contributed by atoms with E-state index in [4.69, 9.17) is 9.47 Å². The molecule has 2 aliphatic rings. The number of rotatable bonds is 3. The number of carbonyl (C=O) groups is 1. The Kier molecular flexibility index (Phi) is 4.10. The molecule has 1 saturated heterocycles. The summed E-state index contributed by atoms with van der Waals surface area (Å²) < 4.78 is 11.0. The van der Waals surface area contributed by atoms with E-state index in [-0.39, 0.29) is 5.91 Å². The summed E-state index contributed by atoms with van der Waals surface area (Å²) in [5, 5.41) is 2.91. The summed E-state index contributed by atoms with van der Waals surface area (Å²) in [5.41, 5.74) is 2.02. The maximum atomic E-state index is 12.1. The monoisotopic (exact) mass is 288 g/mol. The fourth-order valence-corrected chi connectivity index (χ4v) is 2.55. The van der Waals surface area contributed by atoms with Gasteiger partial charge in [-0.2, -0.15) is 0 Å². The molecule has 0 radical (unpaired) electrons. The van der Waals surface area contributed by atoms with Gasteiger partial charge in [-0.25, -0.2) is 0 Å². The first-order chi connectivity index (χ1) is 10.2. The lowest BCUT2D eigenvalue weighted by atomic mass is 10.1. The number of fused-ring (bicyclic) bond motifs is 1. The van der Waals surface area contributed by atoms with Crippen LogP contribution in [-0.4, -0.2) is 43.7 Å². The van der Waals surface area contributed by atoms with E-state index in [1.54, 1.807) is 0 Å². The number of ether oxygens (including phenoxy) is 2. The lowest BCUT2D eigenvalue weighted by molar-refractivity contribution is -0.117. The highest BCUT2D eigenvalue weighted by Gasteiger charge is 2.17. The average Bonchev–Trinajstić information content (AvgIpc) is 2.49. The normalized spacial score (nSPS) is 18.4. The number of amides is 1. The van der Waals surface area contributed by atoms with Crippen LogP contribution >= 0.6 is 0 Å². The molecule has 5 heteroatoms. The number of hydrogen-bond acceptors (Lipinski definition) is 4. The van der Waals surface area contributed by atoms with Gasteiger partial charge in [0.25, 0.3) is 0 Å². The van der Waals surface area contributed by atoms with Crippen LogP contribution < -0.4 is 14.8 Å². The summed E-state index contributed by atoms with van der Waals surface area (Å²) in [7, 11) is 0. The highest BCUT2D eigenvalue weighted by Crippen LogP contribution is 2.32. The van der Waals surface area contributed by atoms with E-state index >= 15 is 0 Å². The molecule has 0 atom stereocenters. The van der Waals surface area contributed by atoms with Crippen molar-refractivity contribution in [2.75, 3.05) is 38.2 Å². The van der Waals surface area contributed by atoms with Crippen molar-refractivity contribution in [1.29, 1.82) is 0 Å². The number of hydrogen-bond donors (Lipinski definition) is 1. The average molecular weight is 288 g/mol. The minimum absolute atomic E-state index is 0.000750. The molecule has 0 saturated carbocycles. The van der Waals surface area contributed by atoms with Gasteiger partial charge in [-0.3, -0.25) is 9.69 Å². The minimum atomic E-state index is -0.000750. The van der Waals surface area contributed by atoms with Crippen LogP contribution in [0.2, 0.25) is 0 Å². The van der Waals surface area contributed by atoms with Crippen LogP contribution in [-0.2, 0) is 4.79 Å². The lowest BCUT2D eigenvalue weighted by Gasteiger charge is -2.27. The van der Waals surface area contributed by atoms with Gasteiger partial charge in [0.1, 0.15) is 13.2 Å². The van der Waals surface area contributed by atoms with Gasteiger partial charge in [-0.05, 0) is 25.0 Å². The third-order valence-electron chi connectivity index (χ3n) is 3.76. The van der Waals surface area contributed by atoms with E-state index in [2.05, 4.69) is 16.8 Å². The van der Waals surface area contributed by atoms with Gasteiger partial charge >= 0.3 is 0 Å². The Bertz CT molecular complexity index is 546. The van der Waals surface area contributed by atoms with Gasteiger partial charge in [0.05, 0.1) is 6.54 Å². The molecule has 0 bridgehead atoms. The van der Waals surface area contributed by atoms with Crippen LogP contribution in [0, 0.1) is 0 Å². The van der Waals surface area contributed by atoms with Crippen molar-refractivity contribution in [3.8, 4) is 11.5 Å². The SMILES string of the molecule is C=C1CCN(CC(=O)Nc2ccc3c(c2)OCCO3)CC1. The van der Waals surface area contributed by atoms with E-state index in [1.165, 1.54) is 5.57 Å². The minimum Gasteiger partial charge on any atom is -0.486 e. The van der Waals surface area contributed by atoms with Gasteiger partial charge in [-0.15, -0.1) is 0 Å². The molecule has 0 aliphatic carbocycles. The van der Waals surface area contributed by atoms with Crippen molar-refractivity contribution in [1.82, 2.24) is 4.90 Å². The number of likely N-dealkylation sites (tertiary alicyclic amines) is 1. The maximum absolute atomic E-state index is 12.1. The molecule has 1 aromatic carbocycles. The Labute approximate surface area is 124 Å². The smallest absolute Gasteiger partial charge is 0.238 e. The lowest BCUT2D eigenvalue weighted by Crippen LogP contribution is -2.37. The van der Waals surface area contributed by atoms with Crippen molar-refractivity contribution in [2.24, 2.45) is 0 Å². The van der Waals surface area contributed by atoms with Gasteiger partial charge in [0, 0.05) is 24.8 Å². The number of benzene rings is 1. The molecule has 1 fully saturated rings. The zero-order valence-electron chi connectivity index (χ0n) is 12.1. The number of piperidine rings is 1. The van der Waals surface area contributed by atoms with Crippen LogP contribution in [0.25, 0.3) is 0 Å². The quantitative estimate of drug-likeness (QED) is 0.865. The summed E-state index contributed by atoms with van der Waals surface area (Å²) in [5.74, 6) is 1.42. The van der Waals surface area contributed by atoms with Gasteiger partial charge in [0.2, 0.25) is 5.91 Å². The van der Waals surface area contributed by atoms with Gasteiger partial charge in [0.15, 0.2) is 11.5 Å².